The summed E-state index contributed by atoms with van der Waals surface area (Å²) in [5, 5.41) is 24.7. The van der Waals surface area contributed by atoms with E-state index in [1.165, 1.54) is 4.57 Å². The van der Waals surface area contributed by atoms with Crippen LogP contribution in [-0.4, -0.2) is 39.6 Å². The predicted octanol–water partition coefficient (Wildman–Crippen LogP) is 4.46. The molecule has 1 aromatic heterocycles. The molecule has 2 heterocycles. The molecule has 0 fully saturated rings. The summed E-state index contributed by atoms with van der Waals surface area (Å²) in [6, 6.07) is 21.2. The molecule has 3 atom stereocenters. The lowest BCUT2D eigenvalue weighted by molar-refractivity contribution is -0.125. The van der Waals surface area contributed by atoms with E-state index >= 15 is 0 Å². The Balaban J connectivity index is 1.41. The van der Waals surface area contributed by atoms with Gasteiger partial charge in [-0.1, -0.05) is 54.6 Å². The van der Waals surface area contributed by atoms with Crippen LogP contribution in [0.1, 0.15) is 35.6 Å². The summed E-state index contributed by atoms with van der Waals surface area (Å²) in [7, 11) is 0. The minimum atomic E-state index is -1.09. The zero-order valence-electron chi connectivity index (χ0n) is 19.6. The fraction of sp³-hybridized carbons (Fsp3) is 0.214. The second-order valence-electron chi connectivity index (χ2n) is 8.88. The average molecular weight is 487 g/mol. The number of rotatable bonds is 7. The average Bonchev–Trinajstić information content (AvgIpc) is 3.49. The fourth-order valence-corrected chi connectivity index (χ4v) is 4.71. The molecule has 184 valence electrons. The van der Waals surface area contributed by atoms with Crippen molar-refractivity contribution in [2.24, 2.45) is 0 Å². The number of nitrogens with zero attached hydrogens (tertiary/aromatic N) is 1. The molecule has 4 aromatic rings. The molecule has 5 rings (SSSR count). The van der Waals surface area contributed by atoms with Crippen LogP contribution in [0.5, 0.6) is 11.5 Å². The number of fused-ring (bicyclic) bond motifs is 2. The maximum absolute atomic E-state index is 13.6. The number of amides is 1. The monoisotopic (exact) mass is 486 g/mol. The zero-order valence-corrected chi connectivity index (χ0v) is 19.6. The number of benzene rings is 3. The maximum Gasteiger partial charge on any atom is 0.416 e. The molecule has 8 heteroatoms. The van der Waals surface area contributed by atoms with Crippen molar-refractivity contribution in [2.75, 3.05) is 6.79 Å². The van der Waals surface area contributed by atoms with Crippen LogP contribution >= 0.6 is 0 Å². The summed E-state index contributed by atoms with van der Waals surface area (Å²) in [6.45, 7) is 1.97. The molecule has 1 aliphatic rings. The highest BCUT2D eigenvalue weighted by Gasteiger charge is 2.32. The molecule has 1 amide bonds. The molecule has 3 N–H and O–H groups in total. The van der Waals surface area contributed by atoms with Gasteiger partial charge >= 0.3 is 6.09 Å². The van der Waals surface area contributed by atoms with Gasteiger partial charge in [0.2, 0.25) is 12.7 Å². The fourth-order valence-electron chi connectivity index (χ4n) is 4.71. The van der Waals surface area contributed by atoms with Crippen LogP contribution in [0.3, 0.4) is 0 Å². The zero-order chi connectivity index (χ0) is 25.2. The predicted molar refractivity (Wildman–Crippen MR) is 133 cm³/mol. The van der Waals surface area contributed by atoms with Crippen molar-refractivity contribution in [3.63, 3.8) is 0 Å². The number of para-hydroxylation sites is 1. The highest BCUT2D eigenvalue weighted by Crippen LogP contribution is 2.38. The Morgan fingerprint density at radius 2 is 1.69 bits per heavy atom. The van der Waals surface area contributed by atoms with Gasteiger partial charge < -0.3 is 25.0 Å². The number of aliphatic hydroxyl groups excluding tert-OH is 1. The number of aromatic nitrogens is 1. The second kappa shape index (κ2) is 9.75. The lowest BCUT2D eigenvalue weighted by atomic mass is 9.87. The molecule has 0 aliphatic carbocycles. The Morgan fingerprint density at radius 3 is 2.47 bits per heavy atom. The first-order valence-corrected chi connectivity index (χ1v) is 11.7. The van der Waals surface area contributed by atoms with Gasteiger partial charge in [-0.3, -0.25) is 9.36 Å². The molecule has 0 unspecified atom stereocenters. The van der Waals surface area contributed by atoms with E-state index in [1.807, 2.05) is 37.3 Å². The van der Waals surface area contributed by atoms with E-state index in [0.29, 0.717) is 34.6 Å². The van der Waals surface area contributed by atoms with E-state index in [9.17, 15) is 19.8 Å². The number of carbonyl (C=O) groups is 2. The van der Waals surface area contributed by atoms with Crippen LogP contribution in [0.4, 0.5) is 4.79 Å². The lowest BCUT2D eigenvalue weighted by Gasteiger charge is -2.25. The Labute approximate surface area is 207 Å². The molecule has 1 aliphatic heterocycles. The first kappa shape index (κ1) is 23.4. The van der Waals surface area contributed by atoms with Gasteiger partial charge in [0.25, 0.3) is 0 Å². The van der Waals surface area contributed by atoms with E-state index in [2.05, 4.69) is 5.32 Å². The Bertz CT molecular complexity index is 1410. The van der Waals surface area contributed by atoms with Crippen LogP contribution in [-0.2, 0) is 11.2 Å². The van der Waals surface area contributed by atoms with Gasteiger partial charge in [-0.15, -0.1) is 0 Å². The van der Waals surface area contributed by atoms with Crippen molar-refractivity contribution in [1.82, 2.24) is 9.88 Å². The number of carbonyl (C=O) groups excluding carboxylic acids is 1. The molecule has 0 saturated carbocycles. The largest absolute Gasteiger partial charge is 0.464 e. The van der Waals surface area contributed by atoms with Gasteiger partial charge in [0, 0.05) is 17.6 Å². The van der Waals surface area contributed by atoms with Crippen molar-refractivity contribution < 1.29 is 29.3 Å². The summed E-state index contributed by atoms with van der Waals surface area (Å²) < 4.78 is 12.1. The van der Waals surface area contributed by atoms with Crippen LogP contribution in [0.25, 0.3) is 10.9 Å². The summed E-state index contributed by atoms with van der Waals surface area (Å²) in [6.07, 6.45) is -0.151. The first-order chi connectivity index (χ1) is 17.4. The number of carboxylic acid groups (broad SMARTS) is 1. The van der Waals surface area contributed by atoms with Gasteiger partial charge in [0.15, 0.2) is 11.5 Å². The third-order valence-corrected chi connectivity index (χ3v) is 6.41. The van der Waals surface area contributed by atoms with Crippen LogP contribution in [0.15, 0.2) is 79.0 Å². The van der Waals surface area contributed by atoms with E-state index in [1.54, 1.807) is 48.7 Å². The van der Waals surface area contributed by atoms with Crippen molar-refractivity contribution in [1.29, 1.82) is 0 Å². The molecule has 3 aromatic carbocycles. The summed E-state index contributed by atoms with van der Waals surface area (Å²) >= 11 is 0. The quantitative estimate of drug-likeness (QED) is 0.356. The van der Waals surface area contributed by atoms with Gasteiger partial charge in [0.05, 0.1) is 17.5 Å². The standard InChI is InChI=1S/C28H26N2O6/c1-17(13-20-15-30(28(33)34)22-10-6-5-9-21(20)22)29-27(32)25(26(31)18-7-3-2-4-8-18)19-11-12-23-24(14-19)36-16-35-23/h2-12,14-15,17,25-26,31H,13,16H2,1H3,(H,29,32)(H,33,34)/t17-,25-,26-/m1/s1. The van der Waals surface area contributed by atoms with Crippen molar-refractivity contribution in [3.05, 3.63) is 95.7 Å². The molecular weight excluding hydrogens is 460 g/mol. The number of hydrogen-bond donors (Lipinski definition) is 3. The first-order valence-electron chi connectivity index (χ1n) is 11.7. The summed E-state index contributed by atoms with van der Waals surface area (Å²) in [5.41, 5.74) is 2.62. The molecule has 0 radical (unpaired) electrons. The van der Waals surface area contributed by atoms with Gasteiger partial charge in [-0.05, 0) is 48.2 Å². The van der Waals surface area contributed by atoms with Gasteiger partial charge in [0.1, 0.15) is 0 Å². The minimum absolute atomic E-state index is 0.109. The normalized spacial score (nSPS) is 14.8. The highest BCUT2D eigenvalue weighted by molar-refractivity contribution is 5.91. The summed E-state index contributed by atoms with van der Waals surface area (Å²) in [4.78, 5) is 25.3. The second-order valence-corrected chi connectivity index (χ2v) is 8.88. The smallest absolute Gasteiger partial charge is 0.416 e. The minimum Gasteiger partial charge on any atom is -0.464 e. The Kier molecular flexibility index (Phi) is 6.35. The van der Waals surface area contributed by atoms with Gasteiger partial charge in [-0.2, -0.15) is 0 Å². The lowest BCUT2D eigenvalue weighted by Crippen LogP contribution is -2.39. The van der Waals surface area contributed by atoms with E-state index < -0.39 is 18.1 Å². The molecule has 8 nitrogen and oxygen atoms in total. The van der Waals surface area contributed by atoms with E-state index in [0.717, 1.165) is 10.9 Å². The Morgan fingerprint density at radius 1 is 0.972 bits per heavy atom. The maximum atomic E-state index is 13.6. The van der Waals surface area contributed by atoms with Crippen molar-refractivity contribution >= 4 is 22.9 Å². The van der Waals surface area contributed by atoms with Crippen molar-refractivity contribution in [2.45, 2.75) is 31.4 Å². The molecule has 0 saturated heterocycles. The topological polar surface area (TPSA) is 110 Å². The number of aliphatic hydroxyl groups is 1. The van der Waals surface area contributed by atoms with E-state index in [4.69, 9.17) is 9.47 Å². The summed E-state index contributed by atoms with van der Waals surface area (Å²) in [5.74, 6) is -0.125. The number of nitrogens with one attached hydrogen (secondary N) is 1. The number of ether oxygens (including phenoxy) is 2. The molecule has 0 bridgehead atoms. The van der Waals surface area contributed by atoms with Crippen LogP contribution in [0.2, 0.25) is 0 Å². The molecule has 0 spiro atoms. The van der Waals surface area contributed by atoms with Crippen LogP contribution < -0.4 is 14.8 Å². The number of hydrogen-bond acceptors (Lipinski definition) is 5. The highest BCUT2D eigenvalue weighted by atomic mass is 16.7. The SMILES string of the molecule is C[C@H](Cc1cn(C(=O)O)c2ccccc12)NC(=O)[C@H](c1ccc2c(c1)OCO2)[C@H](O)c1ccccc1. The van der Waals surface area contributed by atoms with Crippen LogP contribution in [0, 0.1) is 0 Å². The van der Waals surface area contributed by atoms with Crippen molar-refractivity contribution in [3.8, 4) is 11.5 Å². The Hall–Kier alpha value is -4.30. The molecule has 36 heavy (non-hydrogen) atoms. The molecular formula is C28H26N2O6. The van der Waals surface area contributed by atoms with E-state index in [-0.39, 0.29) is 18.7 Å². The third-order valence-electron chi connectivity index (χ3n) is 6.41. The van der Waals surface area contributed by atoms with Gasteiger partial charge in [-0.25, -0.2) is 4.79 Å². The third kappa shape index (κ3) is 4.50.